The topological polar surface area (TPSA) is 68.2 Å². The van der Waals surface area contributed by atoms with Gasteiger partial charge >= 0.3 is 5.97 Å². The fraction of sp³-hybridized carbons (Fsp3) is 0.368. The van der Waals surface area contributed by atoms with Crippen LogP contribution in [0, 0.1) is 0 Å². The normalized spacial score (nSPS) is 12.8. The average Bonchev–Trinajstić information content (AvgIpc) is 2.57. The molecule has 7 heteroatoms. The highest BCUT2D eigenvalue weighted by molar-refractivity contribution is 9.10. The maximum Gasteiger partial charge on any atom is 0.316 e. The second-order valence-corrected chi connectivity index (χ2v) is 7.05. The van der Waals surface area contributed by atoms with Crippen molar-refractivity contribution in [3.8, 4) is 5.75 Å². The molecule has 0 saturated carbocycles. The van der Waals surface area contributed by atoms with Crippen molar-refractivity contribution in [2.24, 2.45) is 0 Å². The number of benzene rings is 2. The maximum absolute atomic E-state index is 9.79. The Bertz CT molecular complexity index is 706. The third-order valence-corrected chi connectivity index (χ3v) is 4.37. The van der Waals surface area contributed by atoms with E-state index in [-0.39, 0.29) is 0 Å². The summed E-state index contributed by atoms with van der Waals surface area (Å²) in [5, 5.41) is 20.3. The Morgan fingerprint density at radius 3 is 2.50 bits per heavy atom. The molecule has 2 aromatic carbocycles. The minimum Gasteiger partial charge on any atom is -0.485 e. The van der Waals surface area contributed by atoms with Crippen LogP contribution in [0.25, 0.3) is 0 Å². The number of ether oxygens (including phenoxy) is 3. The number of halogens is 2. The zero-order chi connectivity index (χ0) is 19.2. The van der Waals surface area contributed by atoms with Crippen LogP contribution in [0.3, 0.4) is 0 Å². The Balaban J connectivity index is 1.92. The van der Waals surface area contributed by atoms with E-state index in [2.05, 4.69) is 15.9 Å². The van der Waals surface area contributed by atoms with Crippen LogP contribution >= 0.6 is 27.5 Å². The summed E-state index contributed by atoms with van der Waals surface area (Å²) >= 11 is 9.66. The molecular weight excluding hydrogens is 424 g/mol. The van der Waals surface area contributed by atoms with E-state index in [1.807, 2.05) is 30.3 Å². The lowest BCUT2D eigenvalue weighted by Gasteiger charge is -2.25. The lowest BCUT2D eigenvalue weighted by atomic mass is 10.1. The third kappa shape index (κ3) is 6.87. The van der Waals surface area contributed by atoms with E-state index in [0.29, 0.717) is 23.8 Å². The van der Waals surface area contributed by atoms with Gasteiger partial charge in [-0.1, -0.05) is 39.7 Å². The molecule has 26 heavy (non-hydrogen) atoms. The Labute approximate surface area is 166 Å². The van der Waals surface area contributed by atoms with Gasteiger partial charge < -0.3 is 19.7 Å². The lowest BCUT2D eigenvalue weighted by Crippen LogP contribution is -2.42. The fourth-order valence-electron chi connectivity index (χ4n) is 2.35. The third-order valence-electron chi connectivity index (χ3n) is 3.51. The van der Waals surface area contributed by atoms with Gasteiger partial charge in [0, 0.05) is 16.1 Å². The summed E-state index contributed by atoms with van der Waals surface area (Å²) in [5.74, 6) is -1.94. The monoisotopic (exact) mass is 444 g/mol. The van der Waals surface area contributed by atoms with E-state index in [9.17, 15) is 10.2 Å². The predicted octanol–water partition coefficient (Wildman–Crippen LogP) is 4.11. The molecule has 0 radical (unpaired) electrons. The summed E-state index contributed by atoms with van der Waals surface area (Å²) in [5.41, 5.74) is 2.07. The summed E-state index contributed by atoms with van der Waals surface area (Å²) in [4.78, 5) is 0. The fourth-order valence-corrected chi connectivity index (χ4v) is 2.94. The highest BCUT2D eigenvalue weighted by Crippen LogP contribution is 2.24. The molecule has 0 spiro atoms. The van der Waals surface area contributed by atoms with Crippen LogP contribution in [0.2, 0.25) is 5.02 Å². The zero-order valence-corrected chi connectivity index (χ0v) is 17.0. The molecule has 0 saturated heterocycles. The van der Waals surface area contributed by atoms with Gasteiger partial charge in [-0.3, -0.25) is 4.74 Å². The molecule has 2 rings (SSSR count). The molecular formula is C19H22BrClO5. The van der Waals surface area contributed by atoms with Crippen LogP contribution in [-0.2, 0) is 15.9 Å². The largest absolute Gasteiger partial charge is 0.485 e. The van der Waals surface area contributed by atoms with Gasteiger partial charge in [0.25, 0.3) is 0 Å². The van der Waals surface area contributed by atoms with Crippen molar-refractivity contribution >= 4 is 27.5 Å². The number of aliphatic hydroxyl groups is 2. The van der Waals surface area contributed by atoms with Crippen molar-refractivity contribution in [3.05, 3.63) is 63.1 Å². The Morgan fingerprint density at radius 1 is 1.15 bits per heavy atom. The Hall–Kier alpha value is -1.15. The molecule has 0 aromatic heterocycles. The molecule has 2 N–H and O–H groups in total. The van der Waals surface area contributed by atoms with E-state index in [1.54, 1.807) is 26.0 Å². The zero-order valence-electron chi connectivity index (χ0n) is 14.6. The molecule has 5 nitrogen and oxygen atoms in total. The molecule has 1 unspecified atom stereocenters. The van der Waals surface area contributed by atoms with Crippen LogP contribution < -0.4 is 4.74 Å². The van der Waals surface area contributed by atoms with Crippen molar-refractivity contribution in [2.45, 2.75) is 32.5 Å². The lowest BCUT2D eigenvalue weighted by molar-refractivity contribution is -0.390. The highest BCUT2D eigenvalue weighted by Gasteiger charge is 2.28. The Morgan fingerprint density at radius 2 is 1.85 bits per heavy atom. The molecule has 2 aromatic rings. The minimum absolute atomic E-state index is 0.404. The summed E-state index contributed by atoms with van der Waals surface area (Å²) in [6.07, 6.45) is -0.0757. The van der Waals surface area contributed by atoms with Gasteiger partial charge in [-0.25, -0.2) is 0 Å². The maximum atomic E-state index is 9.79. The molecule has 0 heterocycles. The van der Waals surface area contributed by atoms with E-state index in [0.717, 1.165) is 15.6 Å². The van der Waals surface area contributed by atoms with Crippen molar-refractivity contribution in [1.29, 1.82) is 0 Å². The Kier molecular flexibility index (Phi) is 7.88. The highest BCUT2D eigenvalue weighted by atomic mass is 79.9. The van der Waals surface area contributed by atoms with Gasteiger partial charge in [0.1, 0.15) is 5.75 Å². The standard InChI is InChI=1S/C19H22BrClO5/c1-3-24-13(2)26-19(22,23)12-25-17-7-4-14(5-8-17)10-15-11-16(20)6-9-18(15)21/h4-9,11,13,22-23H,3,10,12H2,1-2H3. The minimum atomic E-state index is -2.43. The number of rotatable bonds is 9. The summed E-state index contributed by atoms with van der Waals surface area (Å²) < 4.78 is 16.4. The molecule has 0 aliphatic carbocycles. The van der Waals surface area contributed by atoms with Crippen LogP contribution in [0.4, 0.5) is 0 Å². The van der Waals surface area contributed by atoms with Gasteiger partial charge in [0.05, 0.1) is 0 Å². The second-order valence-electron chi connectivity index (χ2n) is 5.73. The van der Waals surface area contributed by atoms with Gasteiger partial charge in [-0.05, 0) is 61.7 Å². The second kappa shape index (κ2) is 9.69. The van der Waals surface area contributed by atoms with Gasteiger partial charge in [-0.2, -0.15) is 0 Å². The first-order valence-electron chi connectivity index (χ1n) is 8.19. The number of hydrogen-bond donors (Lipinski definition) is 2. The van der Waals surface area contributed by atoms with Gasteiger partial charge in [0.2, 0.25) is 0 Å². The van der Waals surface area contributed by atoms with Gasteiger partial charge in [-0.15, -0.1) is 0 Å². The van der Waals surface area contributed by atoms with Crippen molar-refractivity contribution in [3.63, 3.8) is 0 Å². The molecule has 1 atom stereocenters. The van der Waals surface area contributed by atoms with Crippen LogP contribution in [0.1, 0.15) is 25.0 Å². The molecule has 0 aliphatic rings. The quantitative estimate of drug-likeness (QED) is 0.569. The van der Waals surface area contributed by atoms with E-state index in [1.165, 1.54) is 0 Å². The molecule has 0 amide bonds. The van der Waals surface area contributed by atoms with Gasteiger partial charge in [0.15, 0.2) is 12.9 Å². The summed E-state index contributed by atoms with van der Waals surface area (Å²) in [6, 6.07) is 13.0. The first kappa shape index (κ1) is 21.2. The molecule has 0 aliphatic heterocycles. The average molecular weight is 446 g/mol. The van der Waals surface area contributed by atoms with Crippen LogP contribution in [0.15, 0.2) is 46.9 Å². The van der Waals surface area contributed by atoms with E-state index >= 15 is 0 Å². The van der Waals surface area contributed by atoms with Crippen LogP contribution in [-0.4, -0.2) is 35.7 Å². The number of hydrogen-bond acceptors (Lipinski definition) is 5. The first-order valence-corrected chi connectivity index (χ1v) is 9.36. The van der Waals surface area contributed by atoms with Crippen molar-refractivity contribution in [2.75, 3.05) is 13.2 Å². The van der Waals surface area contributed by atoms with E-state index < -0.39 is 18.9 Å². The van der Waals surface area contributed by atoms with Crippen LogP contribution in [0.5, 0.6) is 5.75 Å². The summed E-state index contributed by atoms with van der Waals surface area (Å²) in [7, 11) is 0. The smallest absolute Gasteiger partial charge is 0.316 e. The van der Waals surface area contributed by atoms with Crippen molar-refractivity contribution < 1.29 is 24.4 Å². The van der Waals surface area contributed by atoms with Crippen molar-refractivity contribution in [1.82, 2.24) is 0 Å². The summed E-state index contributed by atoms with van der Waals surface area (Å²) in [6.45, 7) is 3.32. The molecule has 0 bridgehead atoms. The predicted molar refractivity (Wildman–Crippen MR) is 103 cm³/mol. The first-order chi connectivity index (χ1) is 12.3. The molecule has 142 valence electrons. The van der Waals surface area contributed by atoms with E-state index in [4.69, 9.17) is 25.8 Å². The SMILES string of the molecule is CCOC(C)OC(O)(O)COc1ccc(Cc2cc(Br)ccc2Cl)cc1. The molecule has 0 fully saturated rings.